The summed E-state index contributed by atoms with van der Waals surface area (Å²) in [5, 5.41) is 9.44. The Balaban J connectivity index is 1.52. The maximum Gasteiger partial charge on any atom is 0.335 e. The minimum Gasteiger partial charge on any atom is -0.494 e. The lowest BCUT2D eigenvalue weighted by molar-refractivity contribution is 0.0695. The van der Waals surface area contributed by atoms with Gasteiger partial charge < -0.3 is 15.6 Å². The summed E-state index contributed by atoms with van der Waals surface area (Å²) >= 11 is 0. The molecule has 0 atom stereocenters. The highest BCUT2D eigenvalue weighted by Crippen LogP contribution is 2.27. The van der Waals surface area contributed by atoms with E-state index < -0.39 is 11.9 Å². The van der Waals surface area contributed by atoms with Crippen molar-refractivity contribution in [3.05, 3.63) is 137 Å². The van der Waals surface area contributed by atoms with Crippen LogP contribution < -0.4 is 10.5 Å². The molecule has 0 spiro atoms. The van der Waals surface area contributed by atoms with E-state index in [9.17, 15) is 14.7 Å². The Hall–Kier alpha value is -4.42. The Labute approximate surface area is 229 Å². The first-order chi connectivity index (χ1) is 18.9. The van der Waals surface area contributed by atoms with Crippen molar-refractivity contribution in [1.82, 2.24) is 4.90 Å². The number of rotatable bonds is 13. The fourth-order valence-electron chi connectivity index (χ4n) is 4.81. The van der Waals surface area contributed by atoms with Crippen LogP contribution in [0.2, 0.25) is 0 Å². The number of carboxylic acids is 1. The van der Waals surface area contributed by atoms with Crippen molar-refractivity contribution in [3.63, 3.8) is 0 Å². The lowest BCUT2D eigenvalue weighted by Gasteiger charge is -2.29. The van der Waals surface area contributed by atoms with Gasteiger partial charge in [-0.05, 0) is 59.9 Å². The molecule has 0 saturated carbocycles. The summed E-state index contributed by atoms with van der Waals surface area (Å²) in [4.78, 5) is 25.4. The zero-order valence-corrected chi connectivity index (χ0v) is 22.1. The third kappa shape index (κ3) is 7.79. The SMILES string of the molecule is Cc1cc(CN(CCCOc2cccc(C(N)=O)c2)CC(c2ccccc2)c2ccccc2)ccc1C(=O)O. The van der Waals surface area contributed by atoms with Crippen molar-refractivity contribution < 1.29 is 19.4 Å². The summed E-state index contributed by atoms with van der Waals surface area (Å²) in [6.07, 6.45) is 0.767. The van der Waals surface area contributed by atoms with Crippen LogP contribution >= 0.6 is 0 Å². The van der Waals surface area contributed by atoms with Crippen molar-refractivity contribution >= 4 is 11.9 Å². The Morgan fingerprint density at radius 3 is 2.13 bits per heavy atom. The number of ether oxygens (including phenoxy) is 1. The summed E-state index contributed by atoms with van der Waals surface area (Å²) in [6, 6.07) is 33.4. The topological polar surface area (TPSA) is 92.9 Å². The molecule has 4 aromatic carbocycles. The van der Waals surface area contributed by atoms with Crippen molar-refractivity contribution in [2.24, 2.45) is 5.73 Å². The average molecular weight is 523 g/mol. The second kappa shape index (κ2) is 13.4. The maximum absolute atomic E-state index is 11.5. The normalized spacial score (nSPS) is 11.1. The molecule has 4 aromatic rings. The Kier molecular flexibility index (Phi) is 9.48. The molecule has 0 saturated heterocycles. The van der Waals surface area contributed by atoms with Crippen molar-refractivity contribution in [3.8, 4) is 5.75 Å². The number of primary amides is 1. The predicted octanol–water partition coefficient (Wildman–Crippen LogP) is 5.90. The van der Waals surface area contributed by atoms with Crippen LogP contribution in [0.15, 0.2) is 103 Å². The molecule has 0 bridgehead atoms. The van der Waals surface area contributed by atoms with E-state index in [1.54, 1.807) is 24.3 Å². The Bertz CT molecular complexity index is 1350. The minimum atomic E-state index is -0.915. The standard InChI is InChI=1S/C33H34N2O4/c1-24-20-25(16-17-30(24)33(37)38)22-35(18-9-19-39-29-15-8-14-28(21-29)32(34)36)23-31(26-10-4-2-5-11-26)27-12-6-3-7-13-27/h2-8,10-17,20-21,31H,9,18-19,22-23H2,1H3,(H2,34,36)(H,37,38). The molecule has 0 aliphatic heterocycles. The number of carbonyl (C=O) groups excluding carboxylic acids is 1. The van der Waals surface area contributed by atoms with E-state index in [0.29, 0.717) is 30.0 Å². The molecular weight excluding hydrogens is 488 g/mol. The van der Waals surface area contributed by atoms with Crippen LogP contribution in [0, 0.1) is 6.92 Å². The molecule has 6 nitrogen and oxygen atoms in total. The summed E-state index contributed by atoms with van der Waals surface area (Å²) < 4.78 is 5.93. The lowest BCUT2D eigenvalue weighted by Crippen LogP contribution is -2.31. The number of carboxylic acid groups (broad SMARTS) is 1. The molecule has 0 aliphatic rings. The fraction of sp³-hybridized carbons (Fsp3) is 0.212. The molecule has 0 unspecified atom stereocenters. The third-order valence-electron chi connectivity index (χ3n) is 6.78. The molecular formula is C33H34N2O4. The Morgan fingerprint density at radius 1 is 0.872 bits per heavy atom. The van der Waals surface area contributed by atoms with Crippen LogP contribution in [0.1, 0.15) is 55.3 Å². The molecule has 0 fully saturated rings. The van der Waals surface area contributed by atoms with Gasteiger partial charge in [0.15, 0.2) is 0 Å². The van der Waals surface area contributed by atoms with Crippen LogP contribution in [0.4, 0.5) is 0 Å². The third-order valence-corrected chi connectivity index (χ3v) is 6.78. The zero-order valence-electron chi connectivity index (χ0n) is 22.1. The second-order valence-electron chi connectivity index (χ2n) is 9.66. The first-order valence-corrected chi connectivity index (χ1v) is 13.1. The molecule has 0 heterocycles. The second-order valence-corrected chi connectivity index (χ2v) is 9.66. The number of hydrogen-bond acceptors (Lipinski definition) is 4. The number of aromatic carboxylic acids is 1. The minimum absolute atomic E-state index is 0.167. The van der Waals surface area contributed by atoms with Gasteiger partial charge in [0.05, 0.1) is 12.2 Å². The van der Waals surface area contributed by atoms with Gasteiger partial charge in [-0.25, -0.2) is 4.79 Å². The molecule has 0 aromatic heterocycles. The van der Waals surface area contributed by atoms with Crippen LogP contribution in [0.3, 0.4) is 0 Å². The van der Waals surface area contributed by atoms with Gasteiger partial charge in [0.2, 0.25) is 5.91 Å². The van der Waals surface area contributed by atoms with Gasteiger partial charge in [0.1, 0.15) is 5.75 Å². The van der Waals surface area contributed by atoms with Crippen LogP contribution in [0.25, 0.3) is 0 Å². The number of nitrogens with two attached hydrogens (primary N) is 1. The van der Waals surface area contributed by atoms with Gasteiger partial charge in [0.25, 0.3) is 0 Å². The van der Waals surface area contributed by atoms with Gasteiger partial charge in [-0.3, -0.25) is 9.69 Å². The van der Waals surface area contributed by atoms with Gasteiger partial charge in [-0.1, -0.05) is 78.9 Å². The summed E-state index contributed by atoms with van der Waals surface area (Å²) in [7, 11) is 0. The summed E-state index contributed by atoms with van der Waals surface area (Å²) in [6.45, 7) is 4.55. The van der Waals surface area contributed by atoms with Crippen molar-refractivity contribution in [2.45, 2.75) is 25.8 Å². The first kappa shape index (κ1) is 27.6. The monoisotopic (exact) mass is 522 g/mol. The van der Waals surface area contributed by atoms with E-state index in [1.165, 1.54) is 11.1 Å². The quantitative estimate of drug-likeness (QED) is 0.213. The van der Waals surface area contributed by atoms with Gasteiger partial charge >= 0.3 is 5.97 Å². The number of hydrogen-bond donors (Lipinski definition) is 2. The molecule has 0 aliphatic carbocycles. The van der Waals surface area contributed by atoms with E-state index in [0.717, 1.165) is 30.6 Å². The molecule has 200 valence electrons. The zero-order chi connectivity index (χ0) is 27.6. The van der Waals surface area contributed by atoms with Gasteiger partial charge in [-0.15, -0.1) is 0 Å². The van der Waals surface area contributed by atoms with Gasteiger partial charge in [0, 0.05) is 31.1 Å². The number of amides is 1. The van der Waals surface area contributed by atoms with E-state index >= 15 is 0 Å². The van der Waals surface area contributed by atoms with Crippen LogP contribution in [-0.2, 0) is 6.54 Å². The predicted molar refractivity (Wildman–Crippen MR) is 153 cm³/mol. The summed E-state index contributed by atoms with van der Waals surface area (Å²) in [5.41, 5.74) is 10.4. The number of benzene rings is 4. The highest BCUT2D eigenvalue weighted by Gasteiger charge is 2.19. The molecule has 1 amide bonds. The molecule has 6 heteroatoms. The molecule has 39 heavy (non-hydrogen) atoms. The van der Waals surface area contributed by atoms with E-state index in [4.69, 9.17) is 10.5 Å². The molecule has 0 radical (unpaired) electrons. The molecule has 4 rings (SSSR count). The highest BCUT2D eigenvalue weighted by molar-refractivity contribution is 5.93. The number of aryl methyl sites for hydroxylation is 1. The van der Waals surface area contributed by atoms with E-state index in [2.05, 4.69) is 53.4 Å². The van der Waals surface area contributed by atoms with E-state index in [-0.39, 0.29) is 5.92 Å². The van der Waals surface area contributed by atoms with Gasteiger partial charge in [-0.2, -0.15) is 0 Å². The lowest BCUT2D eigenvalue weighted by atomic mass is 9.90. The maximum atomic E-state index is 11.5. The molecule has 3 N–H and O–H groups in total. The van der Waals surface area contributed by atoms with Crippen LogP contribution in [0.5, 0.6) is 5.75 Å². The summed E-state index contributed by atoms with van der Waals surface area (Å²) in [5.74, 6) is -0.616. The Morgan fingerprint density at radius 2 is 1.54 bits per heavy atom. The number of nitrogens with zero attached hydrogens (tertiary/aromatic N) is 1. The van der Waals surface area contributed by atoms with Crippen molar-refractivity contribution in [2.75, 3.05) is 19.7 Å². The highest BCUT2D eigenvalue weighted by atomic mass is 16.5. The largest absolute Gasteiger partial charge is 0.494 e. The number of carbonyl (C=O) groups is 2. The van der Waals surface area contributed by atoms with Crippen LogP contribution in [-0.4, -0.2) is 41.6 Å². The average Bonchev–Trinajstić information content (AvgIpc) is 2.94. The van der Waals surface area contributed by atoms with Crippen molar-refractivity contribution in [1.29, 1.82) is 0 Å². The first-order valence-electron chi connectivity index (χ1n) is 13.1. The van der Waals surface area contributed by atoms with E-state index in [1.807, 2.05) is 37.3 Å². The smallest absolute Gasteiger partial charge is 0.335 e. The fourth-order valence-corrected chi connectivity index (χ4v) is 4.81.